The summed E-state index contributed by atoms with van der Waals surface area (Å²) in [5, 5.41) is 0. The van der Waals surface area contributed by atoms with Gasteiger partial charge < -0.3 is 9.30 Å². The third kappa shape index (κ3) is 3.80. The lowest BCUT2D eigenvalue weighted by Gasteiger charge is -2.38. The van der Waals surface area contributed by atoms with E-state index in [9.17, 15) is 14.0 Å². The van der Waals surface area contributed by atoms with Gasteiger partial charge in [0.2, 0.25) is 11.9 Å². The normalized spacial score (nSPS) is 18.3. The molecule has 1 aliphatic rings. The molecule has 7 heteroatoms. The van der Waals surface area contributed by atoms with Gasteiger partial charge in [0.1, 0.15) is 5.82 Å². The Labute approximate surface area is 180 Å². The van der Waals surface area contributed by atoms with E-state index in [1.165, 1.54) is 12.1 Å². The number of ether oxygens (including phenoxy) is 1. The summed E-state index contributed by atoms with van der Waals surface area (Å²) in [6.45, 7) is 4.46. The average molecular weight is 423 g/mol. The molecule has 2 atom stereocenters. The Balaban J connectivity index is 1.93. The number of hydrogen-bond donors (Lipinski definition) is 0. The number of hydrogen-bond acceptors (Lipinski definition) is 4. The number of aromatic nitrogens is 2. The quantitative estimate of drug-likeness (QED) is 0.319. The molecule has 2 unspecified atom stereocenters. The van der Waals surface area contributed by atoms with Gasteiger partial charge >= 0.3 is 5.97 Å². The highest BCUT2D eigenvalue weighted by atomic mass is 19.1. The number of carbonyl (C=O) groups excluding carboxylic acids is 2. The first-order chi connectivity index (χ1) is 15.1. The van der Waals surface area contributed by atoms with Crippen molar-refractivity contribution in [2.24, 2.45) is 5.92 Å². The number of halogens is 1. The lowest BCUT2D eigenvalue weighted by Crippen LogP contribution is -2.50. The van der Waals surface area contributed by atoms with E-state index >= 15 is 0 Å². The summed E-state index contributed by atoms with van der Waals surface area (Å²) in [5.74, 6) is -1.85. The Morgan fingerprint density at radius 1 is 1.10 bits per heavy atom. The number of unbranched alkanes of at least 4 members (excludes halogenated alkanes) is 2. The second-order valence-corrected chi connectivity index (χ2v) is 7.69. The van der Waals surface area contributed by atoms with Crippen LogP contribution < -0.4 is 4.90 Å². The standard InChI is InChI=1S/C24H26FN3O3/c1-3-5-8-15-27-22(29)20(23(30)31-4-2)21(16-11-13-17(25)14-12-16)28-19-10-7-6-9-18(19)26-24(27)28/h6-7,9-14,20-21H,3-5,8,15H2,1-2H3. The first kappa shape index (κ1) is 21.0. The van der Waals surface area contributed by atoms with Gasteiger partial charge in [-0.1, -0.05) is 44.0 Å². The molecule has 6 nitrogen and oxygen atoms in total. The van der Waals surface area contributed by atoms with Crippen LogP contribution in [0.25, 0.3) is 11.0 Å². The summed E-state index contributed by atoms with van der Waals surface area (Å²) < 4.78 is 20.9. The Morgan fingerprint density at radius 3 is 2.55 bits per heavy atom. The summed E-state index contributed by atoms with van der Waals surface area (Å²) in [5.41, 5.74) is 2.21. The molecule has 1 amide bonds. The number of imidazole rings is 1. The van der Waals surface area contributed by atoms with Gasteiger partial charge in [-0.25, -0.2) is 9.37 Å². The van der Waals surface area contributed by atoms with Crippen LogP contribution in [0.4, 0.5) is 10.3 Å². The van der Waals surface area contributed by atoms with Crippen molar-refractivity contribution in [3.05, 3.63) is 59.9 Å². The van der Waals surface area contributed by atoms with Gasteiger partial charge in [-0.15, -0.1) is 0 Å². The molecule has 2 aromatic carbocycles. The largest absolute Gasteiger partial charge is 0.465 e. The van der Waals surface area contributed by atoms with Gasteiger partial charge in [-0.05, 0) is 43.2 Å². The van der Waals surface area contributed by atoms with Gasteiger partial charge in [-0.3, -0.25) is 14.5 Å². The van der Waals surface area contributed by atoms with Crippen LogP contribution in [0.2, 0.25) is 0 Å². The Hall–Kier alpha value is -3.22. The lowest BCUT2D eigenvalue weighted by molar-refractivity contribution is -0.153. The summed E-state index contributed by atoms with van der Waals surface area (Å²) in [4.78, 5) is 33.0. The molecule has 1 aliphatic heterocycles. The van der Waals surface area contributed by atoms with E-state index in [4.69, 9.17) is 9.72 Å². The van der Waals surface area contributed by atoms with Gasteiger partial charge in [-0.2, -0.15) is 0 Å². The van der Waals surface area contributed by atoms with E-state index in [1.807, 2.05) is 28.8 Å². The number of carbonyl (C=O) groups is 2. The molecule has 0 spiro atoms. The van der Waals surface area contributed by atoms with E-state index in [0.717, 1.165) is 30.3 Å². The number of para-hydroxylation sites is 2. The minimum absolute atomic E-state index is 0.173. The average Bonchev–Trinajstić information content (AvgIpc) is 3.15. The van der Waals surface area contributed by atoms with Crippen molar-refractivity contribution in [3.63, 3.8) is 0 Å². The Kier molecular flexibility index (Phi) is 6.02. The predicted octanol–water partition coefficient (Wildman–Crippen LogP) is 4.48. The SMILES string of the molecule is CCCCCN1C(=O)C(C(=O)OCC)C(c2ccc(F)cc2)n2c1nc1ccccc12. The third-order valence-electron chi connectivity index (χ3n) is 5.68. The molecule has 162 valence electrons. The maximum absolute atomic E-state index is 13.6. The van der Waals surface area contributed by atoms with Crippen LogP contribution in [0.5, 0.6) is 0 Å². The van der Waals surface area contributed by atoms with Gasteiger partial charge in [0.15, 0.2) is 5.92 Å². The zero-order chi connectivity index (χ0) is 22.0. The molecule has 0 saturated heterocycles. The molecule has 1 aromatic heterocycles. The fourth-order valence-corrected chi connectivity index (χ4v) is 4.24. The van der Waals surface area contributed by atoms with Gasteiger partial charge in [0.25, 0.3) is 0 Å². The van der Waals surface area contributed by atoms with Crippen molar-refractivity contribution in [3.8, 4) is 0 Å². The summed E-state index contributed by atoms with van der Waals surface area (Å²) in [6, 6.07) is 12.8. The number of esters is 1. The summed E-state index contributed by atoms with van der Waals surface area (Å²) in [6.07, 6.45) is 2.79. The van der Waals surface area contributed by atoms with Crippen LogP contribution in [-0.4, -0.2) is 34.6 Å². The minimum atomic E-state index is -1.07. The molecular weight excluding hydrogens is 397 g/mol. The number of fused-ring (bicyclic) bond motifs is 3. The molecule has 0 fully saturated rings. The Morgan fingerprint density at radius 2 is 1.84 bits per heavy atom. The zero-order valence-electron chi connectivity index (χ0n) is 17.8. The van der Waals surface area contributed by atoms with Crippen LogP contribution in [0, 0.1) is 11.7 Å². The van der Waals surface area contributed by atoms with Crippen LogP contribution in [0.3, 0.4) is 0 Å². The molecule has 0 radical (unpaired) electrons. The predicted molar refractivity (Wildman–Crippen MR) is 116 cm³/mol. The maximum atomic E-state index is 13.6. The highest BCUT2D eigenvalue weighted by Crippen LogP contribution is 2.41. The molecule has 4 rings (SSSR count). The first-order valence-corrected chi connectivity index (χ1v) is 10.8. The van der Waals surface area contributed by atoms with Crippen LogP contribution in [0.15, 0.2) is 48.5 Å². The minimum Gasteiger partial charge on any atom is -0.465 e. The van der Waals surface area contributed by atoms with Crippen molar-refractivity contribution in [2.75, 3.05) is 18.1 Å². The molecule has 2 heterocycles. The monoisotopic (exact) mass is 423 g/mol. The van der Waals surface area contributed by atoms with Crippen molar-refractivity contribution in [2.45, 2.75) is 39.2 Å². The van der Waals surface area contributed by atoms with E-state index in [-0.39, 0.29) is 18.3 Å². The fourth-order valence-electron chi connectivity index (χ4n) is 4.24. The second-order valence-electron chi connectivity index (χ2n) is 7.69. The van der Waals surface area contributed by atoms with Crippen molar-refractivity contribution < 1.29 is 18.7 Å². The molecule has 0 bridgehead atoms. The Bertz CT molecular complexity index is 1090. The van der Waals surface area contributed by atoms with Crippen molar-refractivity contribution in [1.82, 2.24) is 9.55 Å². The molecule has 31 heavy (non-hydrogen) atoms. The maximum Gasteiger partial charge on any atom is 0.321 e. The number of anilines is 1. The van der Waals surface area contributed by atoms with Crippen LogP contribution in [0.1, 0.15) is 44.7 Å². The zero-order valence-corrected chi connectivity index (χ0v) is 17.8. The molecule has 0 saturated carbocycles. The van der Waals surface area contributed by atoms with Crippen LogP contribution in [-0.2, 0) is 14.3 Å². The van der Waals surface area contributed by atoms with E-state index in [2.05, 4.69) is 6.92 Å². The van der Waals surface area contributed by atoms with Gasteiger partial charge in [0, 0.05) is 6.54 Å². The number of amides is 1. The molecule has 0 aliphatic carbocycles. The van der Waals surface area contributed by atoms with E-state index in [1.54, 1.807) is 24.0 Å². The number of benzene rings is 2. The number of rotatable bonds is 7. The van der Waals surface area contributed by atoms with Gasteiger partial charge in [0.05, 0.1) is 23.7 Å². The molecule has 3 aromatic rings. The van der Waals surface area contributed by atoms with Crippen molar-refractivity contribution in [1.29, 1.82) is 0 Å². The first-order valence-electron chi connectivity index (χ1n) is 10.8. The second kappa shape index (κ2) is 8.88. The van der Waals surface area contributed by atoms with E-state index < -0.39 is 17.9 Å². The van der Waals surface area contributed by atoms with Crippen molar-refractivity contribution >= 4 is 28.9 Å². The number of nitrogens with zero attached hydrogens (tertiary/aromatic N) is 3. The third-order valence-corrected chi connectivity index (χ3v) is 5.68. The van der Waals surface area contributed by atoms with E-state index in [0.29, 0.717) is 18.1 Å². The summed E-state index contributed by atoms with van der Waals surface area (Å²) in [7, 11) is 0. The molecule has 0 N–H and O–H groups in total. The fraction of sp³-hybridized carbons (Fsp3) is 0.375. The lowest BCUT2D eigenvalue weighted by atomic mass is 9.89. The molecular formula is C24H26FN3O3. The highest BCUT2D eigenvalue weighted by molar-refractivity contribution is 6.08. The summed E-state index contributed by atoms with van der Waals surface area (Å²) >= 11 is 0. The van der Waals surface area contributed by atoms with Crippen LogP contribution >= 0.6 is 0 Å². The highest BCUT2D eigenvalue weighted by Gasteiger charge is 2.47. The topological polar surface area (TPSA) is 64.4 Å². The smallest absolute Gasteiger partial charge is 0.321 e.